The van der Waals surface area contributed by atoms with Gasteiger partial charge in [-0.25, -0.2) is 0 Å². The van der Waals surface area contributed by atoms with Crippen LogP contribution >= 0.6 is 11.3 Å². The van der Waals surface area contributed by atoms with Crippen molar-refractivity contribution in [3.8, 4) is 0 Å². The highest BCUT2D eigenvalue weighted by Crippen LogP contribution is 2.33. The molecule has 0 spiro atoms. The maximum Gasteiger partial charge on any atom is 0.445 e. The van der Waals surface area contributed by atoms with Gasteiger partial charge in [0.05, 0.1) is 0 Å². The number of alkyl halides is 3. The van der Waals surface area contributed by atoms with Gasteiger partial charge in [-0.1, -0.05) is 17.4 Å². The van der Waals surface area contributed by atoms with E-state index in [9.17, 15) is 13.2 Å². The van der Waals surface area contributed by atoms with Gasteiger partial charge >= 0.3 is 6.18 Å². The molecule has 0 aromatic carbocycles. The number of nitrogens with zero attached hydrogens (tertiary/aromatic N) is 2. The van der Waals surface area contributed by atoms with Gasteiger partial charge in [-0.05, 0) is 6.92 Å². The van der Waals surface area contributed by atoms with Crippen LogP contribution in [0.1, 0.15) is 11.9 Å². The third kappa shape index (κ3) is 2.69. The predicted molar refractivity (Wildman–Crippen MR) is 48.2 cm³/mol. The Labute approximate surface area is 82.7 Å². The maximum atomic E-state index is 12.1. The summed E-state index contributed by atoms with van der Waals surface area (Å²) >= 11 is 0.477. The van der Waals surface area contributed by atoms with Crippen LogP contribution in [0.25, 0.3) is 0 Å². The fraction of sp³-hybridized carbons (Fsp3) is 0.429. The van der Waals surface area contributed by atoms with E-state index in [1.54, 1.807) is 13.0 Å². The predicted octanol–water partition coefficient (Wildman–Crippen LogP) is 2.54. The summed E-state index contributed by atoms with van der Waals surface area (Å²) in [5.74, 6) is 0. The summed E-state index contributed by atoms with van der Waals surface area (Å²) in [6.07, 6.45) is -2.86. The van der Waals surface area contributed by atoms with E-state index in [0.29, 0.717) is 11.3 Å². The molecule has 0 aliphatic heterocycles. The van der Waals surface area contributed by atoms with Gasteiger partial charge in [-0.15, -0.1) is 16.8 Å². The van der Waals surface area contributed by atoms with Crippen LogP contribution in [0.2, 0.25) is 0 Å². The van der Waals surface area contributed by atoms with Crippen LogP contribution < -0.4 is 5.32 Å². The third-order valence-corrected chi connectivity index (χ3v) is 2.27. The lowest BCUT2D eigenvalue weighted by Crippen LogP contribution is -2.10. The zero-order chi connectivity index (χ0) is 10.8. The van der Waals surface area contributed by atoms with E-state index >= 15 is 0 Å². The quantitative estimate of drug-likeness (QED) is 0.800. The Hall–Kier alpha value is -1.11. The number of nitrogens with one attached hydrogen (secondary N) is 1. The van der Waals surface area contributed by atoms with Crippen molar-refractivity contribution < 1.29 is 13.2 Å². The standard InChI is InChI=1S/C7H8F3N3S/c1-3-4(2)11-6-13-12-5(14-6)7(8,9)10/h3-4H,1H2,2H3,(H,11,13). The van der Waals surface area contributed by atoms with Gasteiger partial charge in [0.25, 0.3) is 0 Å². The first-order chi connectivity index (χ1) is 6.43. The lowest BCUT2D eigenvalue weighted by molar-refractivity contribution is -0.138. The molecule has 3 nitrogen and oxygen atoms in total. The van der Waals surface area contributed by atoms with E-state index in [-0.39, 0.29) is 11.2 Å². The van der Waals surface area contributed by atoms with Crippen molar-refractivity contribution in [1.82, 2.24) is 10.2 Å². The monoisotopic (exact) mass is 223 g/mol. The van der Waals surface area contributed by atoms with E-state index in [1.807, 2.05) is 0 Å². The zero-order valence-electron chi connectivity index (χ0n) is 7.30. The summed E-state index contributed by atoms with van der Waals surface area (Å²) in [6, 6.07) is -0.135. The van der Waals surface area contributed by atoms with Crippen LogP contribution in [-0.4, -0.2) is 16.2 Å². The average Bonchev–Trinajstić information content (AvgIpc) is 2.51. The fourth-order valence-corrected chi connectivity index (χ4v) is 1.36. The molecule has 0 amide bonds. The molecular weight excluding hydrogens is 215 g/mol. The molecule has 1 heterocycles. The molecule has 7 heteroatoms. The molecule has 1 aromatic rings. The minimum absolute atomic E-state index is 0.135. The van der Waals surface area contributed by atoms with Crippen molar-refractivity contribution in [2.75, 3.05) is 5.32 Å². The van der Waals surface area contributed by atoms with Gasteiger partial charge in [0.1, 0.15) is 0 Å². The van der Waals surface area contributed by atoms with Crippen molar-refractivity contribution in [3.05, 3.63) is 17.7 Å². The minimum atomic E-state index is -4.42. The molecule has 0 aliphatic carbocycles. The van der Waals surface area contributed by atoms with Crippen LogP contribution in [0, 0.1) is 0 Å². The van der Waals surface area contributed by atoms with Gasteiger partial charge < -0.3 is 5.32 Å². The molecule has 0 bridgehead atoms. The fourth-order valence-electron chi connectivity index (χ4n) is 0.650. The summed E-state index contributed by atoms with van der Waals surface area (Å²) in [7, 11) is 0. The summed E-state index contributed by atoms with van der Waals surface area (Å²) < 4.78 is 36.2. The Kier molecular flexibility index (Phi) is 3.10. The summed E-state index contributed by atoms with van der Waals surface area (Å²) in [5, 5.41) is 8.29. The minimum Gasteiger partial charge on any atom is -0.354 e. The molecular formula is C7H8F3N3S. The zero-order valence-corrected chi connectivity index (χ0v) is 8.11. The molecule has 1 unspecified atom stereocenters. The molecule has 14 heavy (non-hydrogen) atoms. The molecule has 1 aromatic heterocycles. The smallest absolute Gasteiger partial charge is 0.354 e. The average molecular weight is 223 g/mol. The lowest BCUT2D eigenvalue weighted by Gasteiger charge is -2.04. The largest absolute Gasteiger partial charge is 0.445 e. The molecule has 0 saturated heterocycles. The second-order valence-electron chi connectivity index (χ2n) is 2.58. The first kappa shape index (κ1) is 11.0. The highest BCUT2D eigenvalue weighted by Gasteiger charge is 2.35. The highest BCUT2D eigenvalue weighted by molar-refractivity contribution is 7.15. The van der Waals surface area contributed by atoms with Gasteiger partial charge in [0.15, 0.2) is 0 Å². The summed E-state index contributed by atoms with van der Waals surface area (Å²) in [6.45, 7) is 5.24. The van der Waals surface area contributed by atoms with Crippen molar-refractivity contribution in [2.45, 2.75) is 19.1 Å². The third-order valence-electron chi connectivity index (χ3n) is 1.37. The molecule has 1 atom stereocenters. The summed E-state index contributed by atoms with van der Waals surface area (Å²) in [5.41, 5.74) is 0. The van der Waals surface area contributed by atoms with Gasteiger partial charge in [-0.3, -0.25) is 0 Å². The second-order valence-corrected chi connectivity index (χ2v) is 3.56. The first-order valence-electron chi connectivity index (χ1n) is 3.73. The molecule has 0 aliphatic rings. The number of anilines is 1. The van der Waals surface area contributed by atoms with Crippen molar-refractivity contribution >= 4 is 16.5 Å². The molecule has 0 radical (unpaired) electrons. The lowest BCUT2D eigenvalue weighted by atomic mass is 10.3. The Bertz CT molecular complexity index is 320. The molecule has 1 N–H and O–H groups in total. The van der Waals surface area contributed by atoms with Crippen molar-refractivity contribution in [3.63, 3.8) is 0 Å². The SMILES string of the molecule is C=CC(C)Nc1nnc(C(F)(F)F)s1. The molecule has 0 fully saturated rings. The number of aromatic nitrogens is 2. The molecule has 0 saturated carbocycles. The van der Waals surface area contributed by atoms with Gasteiger partial charge in [0, 0.05) is 6.04 Å². The normalized spacial score (nSPS) is 13.7. The van der Waals surface area contributed by atoms with Crippen LogP contribution in [0.5, 0.6) is 0 Å². The summed E-state index contributed by atoms with van der Waals surface area (Å²) in [4.78, 5) is 0. The van der Waals surface area contributed by atoms with Crippen molar-refractivity contribution in [1.29, 1.82) is 0 Å². The number of hydrogen-bond donors (Lipinski definition) is 1. The number of rotatable bonds is 3. The van der Waals surface area contributed by atoms with Crippen molar-refractivity contribution in [2.24, 2.45) is 0 Å². The Morgan fingerprint density at radius 3 is 2.57 bits per heavy atom. The highest BCUT2D eigenvalue weighted by atomic mass is 32.1. The van der Waals surface area contributed by atoms with Crippen LogP contribution in [0.15, 0.2) is 12.7 Å². The van der Waals surface area contributed by atoms with Gasteiger partial charge in [-0.2, -0.15) is 13.2 Å². The molecule has 1 rings (SSSR count). The second kappa shape index (κ2) is 3.95. The van der Waals surface area contributed by atoms with Crippen LogP contribution in [0.4, 0.5) is 18.3 Å². The Morgan fingerprint density at radius 1 is 1.50 bits per heavy atom. The van der Waals surface area contributed by atoms with E-state index in [0.717, 1.165) is 0 Å². The number of hydrogen-bond acceptors (Lipinski definition) is 4. The Morgan fingerprint density at radius 2 is 2.14 bits per heavy atom. The van der Waals surface area contributed by atoms with E-state index in [1.165, 1.54) is 0 Å². The number of halogens is 3. The topological polar surface area (TPSA) is 37.8 Å². The van der Waals surface area contributed by atoms with Crippen LogP contribution in [-0.2, 0) is 6.18 Å². The Balaban J connectivity index is 2.73. The van der Waals surface area contributed by atoms with E-state index < -0.39 is 11.2 Å². The van der Waals surface area contributed by atoms with E-state index in [2.05, 4.69) is 22.1 Å². The van der Waals surface area contributed by atoms with Gasteiger partial charge in [0.2, 0.25) is 10.1 Å². The molecule has 78 valence electrons. The van der Waals surface area contributed by atoms with Crippen LogP contribution in [0.3, 0.4) is 0 Å². The first-order valence-corrected chi connectivity index (χ1v) is 4.55. The maximum absolute atomic E-state index is 12.1. The van der Waals surface area contributed by atoms with E-state index in [4.69, 9.17) is 0 Å².